The Balaban J connectivity index is 0.00000161. The number of carbonyl (C=O) groups is 5. The number of hydrogen-bond donors (Lipinski definition) is 2. The molecule has 3 amide bonds. The van der Waals surface area contributed by atoms with Gasteiger partial charge in [0.25, 0.3) is 11.8 Å². The van der Waals surface area contributed by atoms with Crippen molar-refractivity contribution in [2.24, 2.45) is 10.9 Å². The molecule has 1 saturated heterocycles. The van der Waals surface area contributed by atoms with Crippen molar-refractivity contribution in [3.05, 3.63) is 35.4 Å². The minimum atomic E-state index is -1.24. The van der Waals surface area contributed by atoms with Gasteiger partial charge in [0.05, 0.1) is 6.26 Å². The van der Waals surface area contributed by atoms with Crippen LogP contribution >= 0.6 is 31.1 Å². The van der Waals surface area contributed by atoms with Crippen LogP contribution in [0.25, 0.3) is 0 Å². The van der Waals surface area contributed by atoms with Crippen LogP contribution in [0.5, 0.6) is 0 Å². The van der Waals surface area contributed by atoms with Crippen LogP contribution in [0.1, 0.15) is 19.6 Å². The van der Waals surface area contributed by atoms with Crippen molar-refractivity contribution in [3.63, 3.8) is 0 Å². The van der Waals surface area contributed by atoms with Crippen molar-refractivity contribution in [3.8, 4) is 0 Å². The van der Waals surface area contributed by atoms with Gasteiger partial charge >= 0.3 is 52.6 Å². The van der Waals surface area contributed by atoms with Crippen molar-refractivity contribution in [2.75, 3.05) is 19.5 Å². The molecule has 2 aliphatic heterocycles. The first kappa shape index (κ1) is 31.4. The standard InChI is InChI=1S/C20H22N4O10S.2ClH.Zn/c1-9(25)33-10(2)34-19(28)15-11(7-32-20(21)29)8-35-18-14(17(27)24(15)18)22-16(26)13(23-30-3)12-5-4-6-31-12;;;/h4-6,10,14,18H,7-8H2,1-3H3,(H2,21,29)(H,22,26);2*1H;/q;;;+2/p-2/b23-13-;;;/t10?,14-,18-;;;/m1.../s1. The maximum absolute atomic E-state index is 13.0. The number of halogens is 2. The van der Waals surface area contributed by atoms with Gasteiger partial charge < -0.3 is 34.5 Å². The van der Waals surface area contributed by atoms with E-state index in [2.05, 4.69) is 10.5 Å². The van der Waals surface area contributed by atoms with E-state index < -0.39 is 62.7 Å². The Morgan fingerprint density at radius 3 is 2.58 bits per heavy atom. The van der Waals surface area contributed by atoms with E-state index in [9.17, 15) is 24.0 Å². The Morgan fingerprint density at radius 2 is 2.03 bits per heavy atom. The number of esters is 2. The second kappa shape index (κ2) is 15.0. The average Bonchev–Trinajstić information content (AvgIpc) is 3.38. The van der Waals surface area contributed by atoms with Crippen LogP contribution < -0.4 is 11.1 Å². The summed E-state index contributed by atoms with van der Waals surface area (Å²) in [4.78, 5) is 66.7. The van der Waals surface area contributed by atoms with Gasteiger partial charge in [-0.1, -0.05) is 5.16 Å². The number of amides is 3. The number of nitrogens with zero attached hydrogens (tertiary/aromatic N) is 2. The van der Waals surface area contributed by atoms with E-state index in [0.29, 0.717) is 0 Å². The Kier molecular flexibility index (Phi) is 12.4. The molecule has 1 aromatic heterocycles. The number of oxime groups is 1. The van der Waals surface area contributed by atoms with E-state index in [0.717, 1.165) is 11.8 Å². The first-order valence-electron chi connectivity index (χ1n) is 10.6. The summed E-state index contributed by atoms with van der Waals surface area (Å²) in [5.74, 6) is -2.75. The number of primary amides is 1. The van der Waals surface area contributed by atoms with E-state index in [1.807, 2.05) is 0 Å². The molecule has 0 bridgehead atoms. The normalized spacial score (nSPS) is 18.9. The predicted octanol–water partition coefficient (Wildman–Crippen LogP) is 1.21. The number of fused-ring (bicyclic) bond motifs is 1. The molecule has 3 atom stereocenters. The Morgan fingerprint density at radius 1 is 1.34 bits per heavy atom. The predicted molar refractivity (Wildman–Crippen MR) is 129 cm³/mol. The zero-order valence-corrected chi connectivity index (χ0v) is 25.6. The number of carbonyl (C=O) groups excluding carboxylic acids is 5. The molecule has 204 valence electrons. The fourth-order valence-electron chi connectivity index (χ4n) is 3.32. The number of thioether (sulfide) groups is 1. The summed E-state index contributed by atoms with van der Waals surface area (Å²) in [6.07, 6.45) is -0.976. The SMILES string of the molecule is CO/N=C(\C(=O)N[C@@H]1C(=O)N2C(C(=O)OC(C)OC(C)=O)=C(COC(N)=O)CS[C@H]12)c1ccco1.[Cl][Zn][Cl]. The molecule has 1 unspecified atom stereocenters. The molecular formula is C20H22Cl2N4O10SZn. The van der Waals surface area contributed by atoms with Gasteiger partial charge in [-0.05, 0) is 12.1 Å². The van der Waals surface area contributed by atoms with Crippen LogP contribution in [0.3, 0.4) is 0 Å². The first-order valence-corrected chi connectivity index (χ1v) is 19.4. The maximum atomic E-state index is 13.0. The molecule has 0 saturated carbocycles. The molecule has 18 heteroatoms. The Bertz CT molecular complexity index is 1120. The molecule has 3 rings (SSSR count). The van der Waals surface area contributed by atoms with Gasteiger partial charge in [-0.25, -0.2) is 9.59 Å². The fourth-order valence-corrected chi connectivity index (χ4v) is 4.65. The minimum absolute atomic E-state index is 0.124. The van der Waals surface area contributed by atoms with Crippen LogP contribution in [0.15, 0.2) is 39.2 Å². The number of nitrogens with two attached hydrogens (primary N) is 1. The number of rotatable bonds is 9. The van der Waals surface area contributed by atoms with Gasteiger partial charge in [0.2, 0.25) is 12.0 Å². The Labute approximate surface area is 236 Å². The van der Waals surface area contributed by atoms with Crippen molar-refractivity contribution >= 4 is 66.7 Å². The zero-order chi connectivity index (χ0) is 28.4. The van der Waals surface area contributed by atoms with E-state index >= 15 is 0 Å². The van der Waals surface area contributed by atoms with Gasteiger partial charge in [-0.3, -0.25) is 19.3 Å². The molecule has 14 nitrogen and oxygen atoms in total. The van der Waals surface area contributed by atoms with Crippen LogP contribution in [-0.2, 0) is 53.4 Å². The molecular weight excluding hydrogens is 625 g/mol. The topological polar surface area (TPSA) is 189 Å². The van der Waals surface area contributed by atoms with Gasteiger partial charge in [0.15, 0.2) is 5.76 Å². The summed E-state index contributed by atoms with van der Waals surface area (Å²) in [6, 6.07) is 2.03. The molecule has 0 aromatic carbocycles. The molecule has 3 heterocycles. The van der Waals surface area contributed by atoms with Crippen molar-refractivity contribution < 1.29 is 62.6 Å². The van der Waals surface area contributed by atoms with Crippen molar-refractivity contribution in [2.45, 2.75) is 31.6 Å². The Hall–Kier alpha value is -2.81. The van der Waals surface area contributed by atoms with Crippen LogP contribution in [0.2, 0.25) is 0 Å². The second-order valence-electron chi connectivity index (χ2n) is 7.20. The number of β-lactam (4-membered cyclic amide) rings is 1. The summed E-state index contributed by atoms with van der Waals surface area (Å²) in [6.45, 7) is 2.09. The average molecular weight is 647 g/mol. The third-order valence-corrected chi connectivity index (χ3v) is 6.01. The van der Waals surface area contributed by atoms with Crippen molar-refractivity contribution in [1.82, 2.24) is 10.2 Å². The van der Waals surface area contributed by atoms with E-state index in [1.54, 1.807) is 6.07 Å². The first-order chi connectivity index (χ1) is 18.0. The molecule has 3 N–H and O–H groups in total. The molecule has 38 heavy (non-hydrogen) atoms. The fraction of sp³-hybridized carbons (Fsp3) is 0.400. The quantitative estimate of drug-likeness (QED) is 0.0980. The molecule has 1 aromatic rings. The molecule has 0 spiro atoms. The summed E-state index contributed by atoms with van der Waals surface area (Å²) < 4.78 is 19.9. The monoisotopic (exact) mass is 644 g/mol. The number of hydrogen-bond acceptors (Lipinski definition) is 12. The number of ether oxygens (including phenoxy) is 3. The summed E-state index contributed by atoms with van der Waals surface area (Å²) >= 11 is 0.282. The molecule has 0 aliphatic carbocycles. The summed E-state index contributed by atoms with van der Waals surface area (Å²) in [7, 11) is 11.2. The second-order valence-corrected chi connectivity index (χ2v) is 12.9. The van der Waals surface area contributed by atoms with Gasteiger partial charge in [0.1, 0.15) is 30.8 Å². The van der Waals surface area contributed by atoms with Gasteiger partial charge in [-0.2, -0.15) is 0 Å². The number of nitrogens with one attached hydrogen (secondary N) is 1. The van der Waals surface area contributed by atoms with Gasteiger partial charge in [-0.15, -0.1) is 11.8 Å². The zero-order valence-electron chi connectivity index (χ0n) is 20.3. The summed E-state index contributed by atoms with van der Waals surface area (Å²) in [5.41, 5.74) is 4.89. The van der Waals surface area contributed by atoms with Crippen molar-refractivity contribution in [1.29, 1.82) is 0 Å². The molecule has 1 fully saturated rings. The van der Waals surface area contributed by atoms with Crippen LogP contribution in [0.4, 0.5) is 4.79 Å². The van der Waals surface area contributed by atoms with E-state index in [-0.39, 0.29) is 35.1 Å². The number of furan rings is 1. The third-order valence-electron chi connectivity index (χ3n) is 4.67. The van der Waals surface area contributed by atoms with E-state index in [1.165, 1.54) is 38.1 Å². The van der Waals surface area contributed by atoms with E-state index in [4.69, 9.17) is 48.6 Å². The van der Waals surface area contributed by atoms with Gasteiger partial charge in [0, 0.05) is 25.2 Å². The molecule has 2 aliphatic rings. The third kappa shape index (κ3) is 8.09. The molecule has 0 radical (unpaired) electrons. The van der Waals surface area contributed by atoms with Crippen LogP contribution in [0, 0.1) is 0 Å². The summed E-state index contributed by atoms with van der Waals surface area (Å²) in [5, 5.41) is 5.53. The van der Waals surface area contributed by atoms with Crippen LogP contribution in [-0.4, -0.2) is 77.6 Å².